The van der Waals surface area contributed by atoms with Crippen molar-refractivity contribution in [3.63, 3.8) is 0 Å². The van der Waals surface area contributed by atoms with Gasteiger partial charge in [0.1, 0.15) is 0 Å². The van der Waals surface area contributed by atoms with Crippen LogP contribution >= 0.6 is 0 Å². The van der Waals surface area contributed by atoms with E-state index in [4.69, 9.17) is 15.0 Å². The van der Waals surface area contributed by atoms with E-state index < -0.39 is 16.2 Å². The van der Waals surface area contributed by atoms with Crippen molar-refractivity contribution >= 4 is 0 Å². The minimum Gasteiger partial charge on any atom is -0.480 e. The fourth-order valence-electron chi connectivity index (χ4n) is 13.3. The predicted octanol–water partition coefficient (Wildman–Crippen LogP) is 14.7. The Morgan fingerprint density at radius 1 is 0.288 bits per heavy atom. The van der Waals surface area contributed by atoms with Gasteiger partial charge in [-0.1, -0.05) is 144 Å². The number of hydrogen-bond donors (Lipinski definition) is 0. The van der Waals surface area contributed by atoms with Crippen LogP contribution in [0, 0.1) is 71.5 Å². The Bertz CT molecular complexity index is 3160. The van der Waals surface area contributed by atoms with Crippen LogP contribution in [0.25, 0.3) is 66.8 Å². The molecule has 3 nitrogen and oxygen atoms in total. The molecule has 0 saturated heterocycles. The summed E-state index contributed by atoms with van der Waals surface area (Å²) in [4.78, 5) is 15.6. The quantitative estimate of drug-likeness (QED) is 0.107. The maximum atomic E-state index is 5.19. The van der Waals surface area contributed by atoms with Gasteiger partial charge in [-0.15, -0.1) is 36.5 Å². The molecule has 12 aliphatic carbocycles. The molecule has 348 valence electrons. The van der Waals surface area contributed by atoms with E-state index in [1.807, 2.05) is 0 Å². The maximum Gasteiger partial charge on any atom is 3.00 e. The zero-order valence-electron chi connectivity index (χ0n) is 39.9. The van der Waals surface area contributed by atoms with Gasteiger partial charge in [0.2, 0.25) is 0 Å². The van der Waals surface area contributed by atoms with E-state index >= 15 is 0 Å². The van der Waals surface area contributed by atoms with Gasteiger partial charge >= 0.3 is 20.1 Å². The summed E-state index contributed by atoms with van der Waals surface area (Å²) in [5.74, 6) is 5.33. The molecule has 12 aliphatic rings. The van der Waals surface area contributed by atoms with Crippen molar-refractivity contribution in [2.24, 2.45) is 53.3 Å². The van der Waals surface area contributed by atoms with Crippen molar-refractivity contribution in [1.82, 2.24) is 15.0 Å². The number of hydrogen-bond acceptors (Lipinski definition) is 3. The normalized spacial score (nSPS) is 31.8. The molecule has 0 N–H and O–H groups in total. The van der Waals surface area contributed by atoms with E-state index in [1.165, 1.54) is 0 Å². The summed E-state index contributed by atoms with van der Waals surface area (Å²) in [5, 5.41) is 0. The average molecular weight is 1110 g/mol. The molecule has 7 aromatic rings. The Kier molecular flexibility index (Phi) is 9.52. The number of allylic oxidation sites excluding steroid dienone is 18. The van der Waals surface area contributed by atoms with Gasteiger partial charge in [-0.2, -0.15) is 0 Å². The summed E-state index contributed by atoms with van der Waals surface area (Å²) in [6.45, 7) is 0. The van der Waals surface area contributed by atoms with Gasteiger partial charge in [0.05, 0.1) is 0 Å². The van der Waals surface area contributed by atoms with Gasteiger partial charge in [0.25, 0.3) is 0 Å². The molecule has 73 heavy (non-hydrogen) atoms. The third-order valence-electron chi connectivity index (χ3n) is 17.8. The summed E-state index contributed by atoms with van der Waals surface area (Å²) >= 11 is 0. The average Bonchev–Trinajstić information content (AvgIpc) is 4.31. The van der Waals surface area contributed by atoms with E-state index in [9.17, 15) is 0 Å². The first-order chi connectivity index (χ1) is 35.5. The zero-order chi connectivity index (χ0) is 47.2. The first kappa shape index (κ1) is 43.2. The molecule has 3 heterocycles. The number of rotatable bonds is 9. The zero-order valence-corrected chi connectivity index (χ0v) is 42.3. The largest absolute Gasteiger partial charge is 3.00 e. The first-order valence-corrected chi connectivity index (χ1v) is 25.9. The molecule has 6 atom stereocenters. The molecule has 19 rings (SSSR count). The fourth-order valence-corrected chi connectivity index (χ4v) is 13.3. The van der Waals surface area contributed by atoms with E-state index in [-0.39, 0.29) is 20.1 Å². The Morgan fingerprint density at radius 2 is 0.534 bits per heavy atom. The van der Waals surface area contributed by atoms with Gasteiger partial charge in [-0.3, -0.25) is 33.2 Å². The molecule has 0 aliphatic heterocycles. The van der Waals surface area contributed by atoms with E-state index in [1.54, 1.807) is 0 Å². The van der Waals surface area contributed by atoms with Crippen LogP contribution in [0.2, 0.25) is 0 Å². The van der Waals surface area contributed by atoms with Crippen molar-refractivity contribution in [2.45, 2.75) is 16.2 Å². The van der Waals surface area contributed by atoms with Gasteiger partial charge in [-0.25, -0.2) is 0 Å². The van der Waals surface area contributed by atoms with E-state index in [0.29, 0.717) is 53.3 Å². The molecule has 0 radical (unpaired) electrons. The van der Waals surface area contributed by atoms with E-state index in [2.05, 4.69) is 255 Å². The van der Waals surface area contributed by atoms with Crippen LogP contribution in [0.4, 0.5) is 0 Å². The summed E-state index contributed by atoms with van der Waals surface area (Å²) in [6.07, 6.45) is 52.5. The monoisotopic (exact) mass is 1110 g/mol. The number of pyridine rings is 3. The molecule has 6 unspecified atom stereocenters. The molecule has 3 fully saturated rings. The second-order valence-corrected chi connectivity index (χ2v) is 21.6. The van der Waals surface area contributed by atoms with Crippen molar-refractivity contribution in [3.8, 4) is 66.8 Å². The second-order valence-electron chi connectivity index (χ2n) is 21.6. The third kappa shape index (κ3) is 6.76. The molecule has 3 aromatic heterocycles. The number of nitrogens with zero attached hydrogens (tertiary/aromatic N) is 3. The molecule has 4 aromatic carbocycles. The maximum absolute atomic E-state index is 5.19. The van der Waals surface area contributed by atoms with Crippen LogP contribution in [-0.2, 0) is 36.4 Å². The van der Waals surface area contributed by atoms with Gasteiger partial charge < -0.3 is 18.2 Å². The molecule has 0 spiro atoms. The smallest absolute Gasteiger partial charge is 0.480 e. The molecular formula is C69H48IrN3. The van der Waals surface area contributed by atoms with Gasteiger partial charge in [0.15, 0.2) is 0 Å². The van der Waals surface area contributed by atoms with Crippen LogP contribution in [0.5, 0.6) is 0 Å². The summed E-state index contributed by atoms with van der Waals surface area (Å²) < 4.78 is 0. The minimum atomic E-state index is -0.428. The summed E-state index contributed by atoms with van der Waals surface area (Å²) in [7, 11) is 0. The Hall–Kier alpha value is -7.36. The Balaban J connectivity index is 0.00000473. The first-order valence-electron chi connectivity index (χ1n) is 25.9. The van der Waals surface area contributed by atoms with E-state index in [0.717, 1.165) is 83.8 Å². The molecule has 0 amide bonds. The van der Waals surface area contributed by atoms with Crippen molar-refractivity contribution in [2.75, 3.05) is 0 Å². The molecular weight excluding hydrogens is 1060 g/mol. The van der Waals surface area contributed by atoms with Crippen LogP contribution in [0.15, 0.2) is 237 Å². The van der Waals surface area contributed by atoms with Crippen LogP contribution in [-0.4, -0.2) is 15.0 Å². The molecule has 4 heteroatoms. The van der Waals surface area contributed by atoms with Crippen LogP contribution in [0.3, 0.4) is 0 Å². The third-order valence-corrected chi connectivity index (χ3v) is 17.8. The Morgan fingerprint density at radius 3 is 0.767 bits per heavy atom. The number of benzene rings is 4. The number of aromatic nitrogens is 3. The van der Waals surface area contributed by atoms with Gasteiger partial charge in [0, 0.05) is 52.4 Å². The van der Waals surface area contributed by atoms with Crippen LogP contribution < -0.4 is 0 Å². The fraction of sp³-hybridized carbons (Fsp3) is 0.174. The minimum absolute atomic E-state index is 0. The van der Waals surface area contributed by atoms with Gasteiger partial charge in [-0.05, 0) is 140 Å². The Labute approximate surface area is 441 Å². The molecule has 12 bridgehead atoms. The van der Waals surface area contributed by atoms with Crippen LogP contribution in [0.1, 0.15) is 17.1 Å². The van der Waals surface area contributed by atoms with Crippen molar-refractivity contribution in [1.29, 1.82) is 0 Å². The topological polar surface area (TPSA) is 38.7 Å². The second kappa shape index (κ2) is 16.1. The van der Waals surface area contributed by atoms with Crippen molar-refractivity contribution in [3.05, 3.63) is 272 Å². The van der Waals surface area contributed by atoms with Crippen molar-refractivity contribution < 1.29 is 20.1 Å². The summed E-state index contributed by atoms with van der Waals surface area (Å²) in [6, 6.07) is 46.8. The molecule has 3 saturated carbocycles. The SMILES string of the molecule is [C-]1=CC2C3C=CC1(c1ccc(-c4ccccc4-c4cc(-c5ccccc5-c5ccc(C67[C-]=CC8C(C=C6)C8C=C7)nc5)cc(-c5ccccc5-c5ccc(C67[C-]=CC8C(C=C6)C8C=C7)nc5)c4)cn1)C=CC23.[Ir+3]. The predicted molar refractivity (Wildman–Crippen MR) is 287 cm³/mol. The standard InChI is InChI=1S/C69H48N3.Ir/c1-4-10-52(49(7-1)43-13-16-64(70-40-43)67-28-19-55-56(20-29-67)57(55)21-30-67)46-37-47(53-11-5-2-8-50(53)44-14-17-65(71-41-44)68-31-22-58-59(23-32-68)60(58)24-33-68)39-48(38-46)54-12-6-3-9-51(54)45-15-18-66(72-42-45)69-34-25-61-62(26-35-69)63(61)27-36-69;/h1-29,31-32,34-35,37-42,55-63H;/q-3;+3. The summed E-state index contributed by atoms with van der Waals surface area (Å²) in [5.41, 5.74) is 15.1.